The van der Waals surface area contributed by atoms with Crippen molar-refractivity contribution in [3.05, 3.63) is 74.8 Å². The second-order valence-corrected chi connectivity index (χ2v) is 6.91. The van der Waals surface area contributed by atoms with E-state index < -0.39 is 17.5 Å². The highest BCUT2D eigenvalue weighted by Gasteiger charge is 2.68. The molecule has 2 aromatic carbocycles. The molecule has 6 nitrogen and oxygen atoms in total. The topological polar surface area (TPSA) is 75.5 Å². The minimum atomic E-state index is -1.33. The molecule has 0 saturated carbocycles. The number of likely N-dealkylation sites (tertiary alicyclic amines) is 1. The number of halogens is 1. The van der Waals surface area contributed by atoms with Crippen molar-refractivity contribution < 1.29 is 9.72 Å². The van der Waals surface area contributed by atoms with E-state index in [-0.39, 0.29) is 10.8 Å². The smallest absolute Gasteiger partial charge is 0.256 e. The lowest BCUT2D eigenvalue weighted by Gasteiger charge is -2.30. The lowest BCUT2D eigenvalue weighted by molar-refractivity contribution is -0.534. The van der Waals surface area contributed by atoms with Crippen molar-refractivity contribution in [2.45, 2.75) is 17.5 Å². The minimum Gasteiger partial charge on any atom is -0.324 e. The van der Waals surface area contributed by atoms with Crippen LogP contribution in [0.1, 0.15) is 17.0 Å². The van der Waals surface area contributed by atoms with Gasteiger partial charge in [0.05, 0.1) is 5.92 Å². The van der Waals surface area contributed by atoms with E-state index in [4.69, 9.17) is 11.6 Å². The van der Waals surface area contributed by atoms with E-state index in [9.17, 15) is 14.9 Å². The number of rotatable bonds is 2. The Labute approximate surface area is 149 Å². The van der Waals surface area contributed by atoms with E-state index in [2.05, 4.69) is 5.32 Å². The van der Waals surface area contributed by atoms with Crippen molar-refractivity contribution in [2.24, 2.45) is 0 Å². The summed E-state index contributed by atoms with van der Waals surface area (Å²) in [5, 5.41) is 15.4. The number of hydrogen-bond donors (Lipinski definition) is 1. The number of carbonyl (C=O) groups is 1. The highest BCUT2D eigenvalue weighted by atomic mass is 35.5. The number of anilines is 1. The highest BCUT2D eigenvalue weighted by molar-refractivity contribution is 6.31. The van der Waals surface area contributed by atoms with Crippen molar-refractivity contribution in [1.82, 2.24) is 4.90 Å². The van der Waals surface area contributed by atoms with Crippen molar-refractivity contribution in [2.75, 3.05) is 18.9 Å². The van der Waals surface area contributed by atoms with Crippen molar-refractivity contribution in [1.29, 1.82) is 0 Å². The fourth-order valence-corrected chi connectivity index (χ4v) is 4.61. The maximum Gasteiger partial charge on any atom is 0.256 e. The van der Waals surface area contributed by atoms with Crippen LogP contribution in [-0.4, -0.2) is 35.4 Å². The molecule has 2 aromatic rings. The van der Waals surface area contributed by atoms with E-state index in [0.717, 1.165) is 0 Å². The van der Waals surface area contributed by atoms with Crippen LogP contribution in [0, 0.1) is 10.1 Å². The van der Waals surface area contributed by atoms with Gasteiger partial charge in [-0.05, 0) is 24.7 Å². The van der Waals surface area contributed by atoms with Crippen LogP contribution in [0.5, 0.6) is 0 Å². The number of amides is 1. The maximum atomic E-state index is 13.0. The van der Waals surface area contributed by atoms with Crippen molar-refractivity contribution >= 4 is 23.2 Å². The maximum absolute atomic E-state index is 13.0. The number of fused-ring (bicyclic) bond motifs is 2. The molecule has 0 aliphatic carbocycles. The van der Waals surface area contributed by atoms with Gasteiger partial charge in [0.1, 0.15) is 0 Å². The quantitative estimate of drug-likeness (QED) is 0.662. The summed E-state index contributed by atoms with van der Waals surface area (Å²) in [7, 11) is 1.76. The van der Waals surface area contributed by atoms with Gasteiger partial charge < -0.3 is 5.32 Å². The standard InChI is InChI=1S/C18H16ClN3O3/c1-21-10-12(11-6-2-4-8-14(11)19)16(22(24)25)18(21)13-7-3-5-9-15(13)20-17(18)23/h2-9,12,16H,10H2,1H3,(H,20,23)/t12-,16-,18+/m1/s1. The van der Waals surface area contributed by atoms with Gasteiger partial charge in [-0.15, -0.1) is 0 Å². The normalized spacial score (nSPS) is 28.2. The zero-order valence-corrected chi connectivity index (χ0v) is 14.2. The Hall–Kier alpha value is -2.44. The molecule has 0 radical (unpaired) electrons. The first-order valence-corrected chi connectivity index (χ1v) is 8.36. The summed E-state index contributed by atoms with van der Waals surface area (Å²) in [5.41, 5.74) is 0.653. The Morgan fingerprint density at radius 1 is 1.24 bits per heavy atom. The minimum absolute atomic E-state index is 0.334. The summed E-state index contributed by atoms with van der Waals surface area (Å²) < 4.78 is 0. The first-order chi connectivity index (χ1) is 12.0. The van der Waals surface area contributed by atoms with Gasteiger partial charge in [-0.3, -0.25) is 19.8 Å². The Balaban J connectivity index is 1.94. The second kappa shape index (κ2) is 5.54. The molecule has 1 saturated heterocycles. The molecule has 7 heteroatoms. The number of hydrogen-bond acceptors (Lipinski definition) is 4. The SMILES string of the molecule is CN1C[C@H](c2ccccc2Cl)[C@@H]([N+](=O)[O-])[C@@]12C(=O)Nc1ccccc12. The summed E-state index contributed by atoms with van der Waals surface area (Å²) in [6, 6.07) is 13.2. The monoisotopic (exact) mass is 357 g/mol. The van der Waals surface area contributed by atoms with Crippen LogP contribution in [0.25, 0.3) is 0 Å². The summed E-state index contributed by atoms with van der Waals surface area (Å²) in [5.74, 6) is -0.835. The van der Waals surface area contributed by atoms with Crippen LogP contribution < -0.4 is 5.32 Å². The van der Waals surface area contributed by atoms with Gasteiger partial charge in [0.25, 0.3) is 11.9 Å². The highest BCUT2D eigenvalue weighted by Crippen LogP contribution is 2.52. The number of para-hydroxylation sites is 1. The lowest BCUT2D eigenvalue weighted by atomic mass is 9.79. The van der Waals surface area contributed by atoms with Gasteiger partial charge in [0.2, 0.25) is 0 Å². The zero-order valence-electron chi connectivity index (χ0n) is 13.5. The van der Waals surface area contributed by atoms with Gasteiger partial charge in [-0.2, -0.15) is 0 Å². The summed E-state index contributed by atoms with van der Waals surface area (Å²) in [6.07, 6.45) is 0. The fraction of sp³-hybridized carbons (Fsp3) is 0.278. The molecule has 1 fully saturated rings. The fourth-order valence-electron chi connectivity index (χ4n) is 4.34. The van der Waals surface area contributed by atoms with Crippen LogP contribution in [0.2, 0.25) is 5.02 Å². The van der Waals surface area contributed by atoms with E-state index in [1.54, 1.807) is 54.4 Å². The van der Waals surface area contributed by atoms with E-state index >= 15 is 0 Å². The van der Waals surface area contributed by atoms with Crippen LogP contribution in [0.3, 0.4) is 0 Å². The third-order valence-corrected chi connectivity index (χ3v) is 5.69. The number of carbonyl (C=O) groups excluding carboxylic acids is 1. The lowest BCUT2D eigenvalue weighted by Crippen LogP contribution is -2.54. The molecule has 0 bridgehead atoms. The van der Waals surface area contributed by atoms with Crippen LogP contribution in [0.4, 0.5) is 5.69 Å². The average molecular weight is 358 g/mol. The predicted octanol–water partition coefficient (Wildman–Crippen LogP) is 2.86. The molecular weight excluding hydrogens is 342 g/mol. The zero-order chi connectivity index (χ0) is 17.8. The van der Waals surface area contributed by atoms with Gasteiger partial charge in [0, 0.05) is 27.7 Å². The predicted molar refractivity (Wildman–Crippen MR) is 94.4 cm³/mol. The summed E-state index contributed by atoms with van der Waals surface area (Å²) >= 11 is 6.31. The number of nitro groups is 1. The molecule has 3 atom stereocenters. The molecule has 4 rings (SSSR count). The van der Waals surface area contributed by atoms with Gasteiger partial charge >= 0.3 is 0 Å². The van der Waals surface area contributed by atoms with Gasteiger partial charge in [-0.1, -0.05) is 48.0 Å². The Kier molecular flexibility index (Phi) is 3.56. The third-order valence-electron chi connectivity index (χ3n) is 5.35. The van der Waals surface area contributed by atoms with Crippen LogP contribution in [0.15, 0.2) is 48.5 Å². The second-order valence-electron chi connectivity index (χ2n) is 6.50. The largest absolute Gasteiger partial charge is 0.324 e. The average Bonchev–Trinajstić information content (AvgIpc) is 3.05. The Morgan fingerprint density at radius 2 is 1.92 bits per heavy atom. The molecule has 1 spiro atoms. The van der Waals surface area contributed by atoms with Gasteiger partial charge in [0.15, 0.2) is 5.54 Å². The van der Waals surface area contributed by atoms with Crippen LogP contribution >= 0.6 is 11.6 Å². The summed E-state index contributed by atoms with van der Waals surface area (Å²) in [4.78, 5) is 26.5. The van der Waals surface area contributed by atoms with E-state index in [1.165, 1.54) is 0 Å². The molecular formula is C18H16ClN3O3. The molecule has 2 heterocycles. The third kappa shape index (κ3) is 2.04. The molecule has 0 unspecified atom stereocenters. The molecule has 1 N–H and O–H groups in total. The molecule has 25 heavy (non-hydrogen) atoms. The summed E-state index contributed by atoms with van der Waals surface area (Å²) in [6.45, 7) is 0.372. The first kappa shape index (κ1) is 16.1. The molecule has 2 aliphatic heterocycles. The molecule has 128 valence electrons. The molecule has 1 amide bonds. The molecule has 0 aromatic heterocycles. The number of nitrogens with zero attached hydrogens (tertiary/aromatic N) is 2. The van der Waals surface area contributed by atoms with Crippen LogP contribution in [-0.2, 0) is 10.3 Å². The van der Waals surface area contributed by atoms with E-state index in [0.29, 0.717) is 28.4 Å². The van der Waals surface area contributed by atoms with Gasteiger partial charge in [-0.25, -0.2) is 0 Å². The number of likely N-dealkylation sites (N-methyl/N-ethyl adjacent to an activating group) is 1. The first-order valence-electron chi connectivity index (χ1n) is 7.98. The molecule has 2 aliphatic rings. The Bertz CT molecular complexity index is 887. The van der Waals surface area contributed by atoms with Crippen molar-refractivity contribution in [3.63, 3.8) is 0 Å². The Morgan fingerprint density at radius 3 is 2.64 bits per heavy atom. The number of benzene rings is 2. The van der Waals surface area contributed by atoms with Crippen molar-refractivity contribution in [3.8, 4) is 0 Å². The number of nitrogens with one attached hydrogen (secondary N) is 1. The van der Waals surface area contributed by atoms with E-state index in [1.807, 2.05) is 6.07 Å².